The van der Waals surface area contributed by atoms with Crippen molar-refractivity contribution in [3.8, 4) is 0 Å². The lowest BCUT2D eigenvalue weighted by atomic mass is 10.2. The van der Waals surface area contributed by atoms with Crippen molar-refractivity contribution in [3.63, 3.8) is 0 Å². The first-order valence-corrected chi connectivity index (χ1v) is 13.8. The van der Waals surface area contributed by atoms with Crippen molar-refractivity contribution in [2.75, 3.05) is 12.9 Å². The maximum absolute atomic E-state index is 11.5. The Morgan fingerprint density at radius 3 is 2.00 bits per heavy atom. The molecule has 0 radical (unpaired) electrons. The minimum Gasteiger partial charge on any atom is -0.405 e. The van der Waals surface area contributed by atoms with Crippen molar-refractivity contribution in [2.45, 2.75) is 44.6 Å². The summed E-state index contributed by atoms with van der Waals surface area (Å²) in [4.78, 5) is 0. The Morgan fingerprint density at radius 1 is 1.00 bits per heavy atom. The maximum atomic E-state index is 11.5. The molecule has 2 aromatic carbocycles. The molecule has 1 aliphatic heterocycles. The molecule has 0 saturated heterocycles. The SMILES string of the molecule is CC(C)(C)[Si](OC[C@H]1CC=CC(OS(C)(=O)=O)O1)(c1ccccc1)c1ccccc1. The Kier molecular flexibility index (Phi) is 6.99. The molecule has 0 aromatic heterocycles. The quantitative estimate of drug-likeness (QED) is 0.371. The molecule has 7 heteroatoms. The number of ether oxygens (including phenoxy) is 1. The van der Waals surface area contributed by atoms with Gasteiger partial charge in [-0.2, -0.15) is 8.42 Å². The Morgan fingerprint density at radius 2 is 1.53 bits per heavy atom. The molecule has 2 atom stereocenters. The van der Waals surface area contributed by atoms with E-state index in [1.54, 1.807) is 6.08 Å². The van der Waals surface area contributed by atoms with E-state index < -0.39 is 24.7 Å². The van der Waals surface area contributed by atoms with Crippen molar-refractivity contribution >= 4 is 28.8 Å². The minimum absolute atomic E-state index is 0.136. The van der Waals surface area contributed by atoms with Gasteiger partial charge in [0.15, 0.2) is 6.29 Å². The summed E-state index contributed by atoms with van der Waals surface area (Å²) < 4.78 is 40.6. The molecule has 0 amide bonds. The zero-order chi connectivity index (χ0) is 21.8. The molecule has 30 heavy (non-hydrogen) atoms. The lowest BCUT2D eigenvalue weighted by Gasteiger charge is -2.44. The molecule has 0 bridgehead atoms. The van der Waals surface area contributed by atoms with Gasteiger partial charge in [0.25, 0.3) is 18.4 Å². The van der Waals surface area contributed by atoms with E-state index in [1.165, 1.54) is 10.4 Å². The predicted octanol–water partition coefficient (Wildman–Crippen LogP) is 3.21. The van der Waals surface area contributed by atoms with E-state index in [-0.39, 0.29) is 11.1 Å². The van der Waals surface area contributed by atoms with E-state index in [0.717, 1.165) is 6.26 Å². The highest BCUT2D eigenvalue weighted by atomic mass is 32.2. The van der Waals surface area contributed by atoms with Gasteiger partial charge in [0, 0.05) is 0 Å². The third-order valence-electron chi connectivity index (χ3n) is 5.19. The monoisotopic (exact) mass is 446 g/mol. The highest BCUT2D eigenvalue weighted by Gasteiger charge is 2.50. The van der Waals surface area contributed by atoms with Gasteiger partial charge in [-0.3, -0.25) is 0 Å². The molecule has 162 valence electrons. The number of benzene rings is 2. The van der Waals surface area contributed by atoms with Crippen LogP contribution >= 0.6 is 0 Å². The summed E-state index contributed by atoms with van der Waals surface area (Å²) in [5.41, 5.74) is 0. The third-order valence-corrected chi connectivity index (χ3v) is 10.7. The van der Waals surface area contributed by atoms with Crippen LogP contribution in [0.4, 0.5) is 0 Å². The fourth-order valence-corrected chi connectivity index (χ4v) is 8.99. The van der Waals surface area contributed by atoms with Gasteiger partial charge >= 0.3 is 0 Å². The highest BCUT2D eigenvalue weighted by Crippen LogP contribution is 2.37. The van der Waals surface area contributed by atoms with E-state index in [2.05, 4.69) is 45.0 Å². The van der Waals surface area contributed by atoms with Crippen LogP contribution in [-0.2, 0) is 23.5 Å². The first-order valence-electron chi connectivity index (χ1n) is 10.1. The van der Waals surface area contributed by atoms with Crippen LogP contribution in [0, 0.1) is 0 Å². The summed E-state index contributed by atoms with van der Waals surface area (Å²) in [5, 5.41) is 2.25. The summed E-state index contributed by atoms with van der Waals surface area (Å²) >= 11 is 0. The molecule has 1 aliphatic rings. The first kappa shape index (κ1) is 22.9. The number of hydrogen-bond acceptors (Lipinski definition) is 5. The van der Waals surface area contributed by atoms with E-state index in [1.807, 2.05) is 42.5 Å². The fourth-order valence-electron chi connectivity index (χ4n) is 3.95. The smallest absolute Gasteiger partial charge is 0.267 e. The van der Waals surface area contributed by atoms with Crippen molar-refractivity contribution in [1.82, 2.24) is 0 Å². The van der Waals surface area contributed by atoms with Gasteiger partial charge in [-0.15, -0.1) is 0 Å². The fraction of sp³-hybridized carbons (Fsp3) is 0.391. The van der Waals surface area contributed by atoms with Gasteiger partial charge in [-0.25, -0.2) is 4.18 Å². The Bertz CT molecular complexity index is 913. The first-order chi connectivity index (χ1) is 14.1. The largest absolute Gasteiger partial charge is 0.405 e. The second kappa shape index (κ2) is 9.16. The number of hydrogen-bond donors (Lipinski definition) is 0. The molecule has 2 aromatic rings. The Labute approximate surface area is 180 Å². The highest BCUT2D eigenvalue weighted by molar-refractivity contribution is 7.86. The summed E-state index contributed by atoms with van der Waals surface area (Å²) in [6, 6.07) is 20.8. The molecule has 1 heterocycles. The lowest BCUT2D eigenvalue weighted by Crippen LogP contribution is -2.67. The second-order valence-electron chi connectivity index (χ2n) is 8.56. The molecule has 0 spiro atoms. The van der Waals surface area contributed by atoms with E-state index in [9.17, 15) is 8.42 Å². The maximum Gasteiger partial charge on any atom is 0.267 e. The molecule has 5 nitrogen and oxygen atoms in total. The molecule has 0 N–H and O–H groups in total. The van der Waals surface area contributed by atoms with Gasteiger partial charge in [-0.05, 0) is 27.9 Å². The van der Waals surface area contributed by atoms with Gasteiger partial charge in [0.05, 0.1) is 19.0 Å². The summed E-state index contributed by atoms with van der Waals surface area (Å²) in [6.07, 6.45) is 3.97. The van der Waals surface area contributed by atoms with Gasteiger partial charge in [0.2, 0.25) is 0 Å². The van der Waals surface area contributed by atoms with Gasteiger partial charge in [0.1, 0.15) is 0 Å². The Hall–Kier alpha value is -1.77. The number of rotatable bonds is 7. The normalized spacial score (nSPS) is 20.3. The van der Waals surface area contributed by atoms with Crippen LogP contribution in [0.15, 0.2) is 72.8 Å². The van der Waals surface area contributed by atoms with Crippen molar-refractivity contribution in [1.29, 1.82) is 0 Å². The molecule has 1 unspecified atom stereocenters. The predicted molar refractivity (Wildman–Crippen MR) is 122 cm³/mol. The zero-order valence-corrected chi connectivity index (χ0v) is 19.8. The molecular formula is C23H30O5SSi. The van der Waals surface area contributed by atoms with Crippen LogP contribution in [0.2, 0.25) is 5.04 Å². The molecular weight excluding hydrogens is 416 g/mol. The van der Waals surface area contributed by atoms with Gasteiger partial charge < -0.3 is 9.16 Å². The minimum atomic E-state index is -3.61. The second-order valence-corrected chi connectivity index (χ2v) is 14.5. The van der Waals surface area contributed by atoms with Crippen molar-refractivity contribution in [2.24, 2.45) is 0 Å². The van der Waals surface area contributed by atoms with Crippen LogP contribution in [0.25, 0.3) is 0 Å². The Balaban J connectivity index is 1.92. The average Bonchev–Trinajstić information content (AvgIpc) is 2.68. The van der Waals surface area contributed by atoms with Crippen LogP contribution in [-0.4, -0.2) is 42.0 Å². The van der Waals surface area contributed by atoms with Crippen LogP contribution in [0.5, 0.6) is 0 Å². The molecule has 0 saturated carbocycles. The summed E-state index contributed by atoms with van der Waals surface area (Å²) in [7, 11) is -6.27. The van der Waals surface area contributed by atoms with Crippen LogP contribution < -0.4 is 10.4 Å². The summed E-state index contributed by atoms with van der Waals surface area (Å²) in [5.74, 6) is 0. The summed E-state index contributed by atoms with van der Waals surface area (Å²) in [6.45, 7) is 7.00. The van der Waals surface area contributed by atoms with Crippen molar-refractivity contribution < 1.29 is 21.8 Å². The van der Waals surface area contributed by atoms with Crippen LogP contribution in [0.3, 0.4) is 0 Å². The van der Waals surface area contributed by atoms with Gasteiger partial charge in [-0.1, -0.05) is 87.5 Å². The topological polar surface area (TPSA) is 61.8 Å². The standard InChI is InChI=1S/C23H30O5SSi/c1-23(2,3)30(20-13-7-5-8-14-20,21-15-9-6-10-16-21)26-18-19-12-11-17-22(27-19)28-29(4,24)25/h5-11,13-17,19,22H,12,18H2,1-4H3/t19-,22?/m1/s1. The van der Waals surface area contributed by atoms with Crippen LogP contribution in [0.1, 0.15) is 27.2 Å². The van der Waals surface area contributed by atoms with Crippen molar-refractivity contribution in [3.05, 3.63) is 72.8 Å². The van der Waals surface area contributed by atoms with E-state index in [0.29, 0.717) is 13.0 Å². The third kappa shape index (κ3) is 5.28. The molecule has 3 rings (SSSR count). The van der Waals surface area contributed by atoms with E-state index >= 15 is 0 Å². The zero-order valence-electron chi connectivity index (χ0n) is 17.9. The lowest BCUT2D eigenvalue weighted by molar-refractivity contribution is -0.104. The average molecular weight is 447 g/mol. The molecule has 0 fully saturated rings. The molecule has 0 aliphatic carbocycles. The van der Waals surface area contributed by atoms with E-state index in [4.69, 9.17) is 13.3 Å².